The highest BCUT2D eigenvalue weighted by molar-refractivity contribution is 6.03. The molecule has 7 heteroatoms. The van der Waals surface area contributed by atoms with Crippen molar-refractivity contribution in [3.05, 3.63) is 71.8 Å². The molecule has 2 aliphatic heterocycles. The quantitative estimate of drug-likeness (QED) is 0.558. The SMILES string of the molecule is COc1cc(C2CC(c3ccc4c(c3)OCO4)=NN2c2ccccc2)cc(OC)c1OC. The van der Waals surface area contributed by atoms with E-state index < -0.39 is 0 Å². The fourth-order valence-corrected chi connectivity index (χ4v) is 4.13. The summed E-state index contributed by atoms with van der Waals surface area (Å²) in [6.07, 6.45) is 0.702. The van der Waals surface area contributed by atoms with Crippen molar-refractivity contribution in [2.24, 2.45) is 5.10 Å². The van der Waals surface area contributed by atoms with E-state index in [1.165, 1.54) is 0 Å². The Kier molecular flexibility index (Phi) is 5.23. The number of hydrazone groups is 1. The van der Waals surface area contributed by atoms with Crippen molar-refractivity contribution in [1.82, 2.24) is 0 Å². The van der Waals surface area contributed by atoms with E-state index in [-0.39, 0.29) is 12.8 Å². The number of anilines is 1. The van der Waals surface area contributed by atoms with E-state index in [9.17, 15) is 0 Å². The van der Waals surface area contributed by atoms with Crippen LogP contribution in [0, 0.1) is 0 Å². The van der Waals surface area contributed by atoms with Crippen LogP contribution in [0.4, 0.5) is 5.69 Å². The van der Waals surface area contributed by atoms with Crippen LogP contribution in [-0.2, 0) is 0 Å². The van der Waals surface area contributed by atoms with E-state index in [1.807, 2.05) is 53.5 Å². The highest BCUT2D eigenvalue weighted by Crippen LogP contribution is 2.44. The lowest BCUT2D eigenvalue weighted by atomic mass is 9.97. The van der Waals surface area contributed by atoms with Crippen LogP contribution in [0.1, 0.15) is 23.6 Å². The number of ether oxygens (including phenoxy) is 5. The number of rotatable bonds is 6. The van der Waals surface area contributed by atoms with Gasteiger partial charge in [-0.25, -0.2) is 0 Å². The van der Waals surface area contributed by atoms with Gasteiger partial charge >= 0.3 is 0 Å². The Hall–Kier alpha value is -3.87. The van der Waals surface area contributed by atoms with Gasteiger partial charge in [0.1, 0.15) is 0 Å². The maximum absolute atomic E-state index is 5.59. The summed E-state index contributed by atoms with van der Waals surface area (Å²) in [5, 5.41) is 7.05. The molecular weight excluding hydrogens is 408 g/mol. The molecule has 164 valence electrons. The predicted molar refractivity (Wildman–Crippen MR) is 121 cm³/mol. The van der Waals surface area contributed by atoms with Crippen molar-refractivity contribution in [2.45, 2.75) is 12.5 Å². The molecule has 2 aliphatic rings. The molecule has 1 atom stereocenters. The summed E-state index contributed by atoms with van der Waals surface area (Å²) >= 11 is 0. The minimum Gasteiger partial charge on any atom is -0.493 e. The highest BCUT2D eigenvalue weighted by atomic mass is 16.7. The van der Waals surface area contributed by atoms with E-state index in [0.717, 1.165) is 34.0 Å². The van der Waals surface area contributed by atoms with Gasteiger partial charge in [0.25, 0.3) is 0 Å². The van der Waals surface area contributed by atoms with Gasteiger partial charge in [0.2, 0.25) is 12.5 Å². The van der Waals surface area contributed by atoms with E-state index in [2.05, 4.69) is 12.1 Å². The molecule has 32 heavy (non-hydrogen) atoms. The van der Waals surface area contributed by atoms with Crippen LogP contribution >= 0.6 is 0 Å². The van der Waals surface area contributed by atoms with Crippen molar-refractivity contribution in [3.63, 3.8) is 0 Å². The average Bonchev–Trinajstić information content (AvgIpc) is 3.50. The van der Waals surface area contributed by atoms with Crippen LogP contribution in [0.3, 0.4) is 0 Å². The summed E-state index contributed by atoms with van der Waals surface area (Å²) in [6.45, 7) is 0.246. The van der Waals surface area contributed by atoms with E-state index >= 15 is 0 Å². The number of methoxy groups -OCH3 is 3. The standard InChI is InChI=1S/C25H24N2O5/c1-28-23-12-17(13-24(29-2)25(23)30-3)20-14-19(26-27(20)18-7-5-4-6-8-18)16-9-10-21-22(11-16)32-15-31-21/h4-13,20H,14-15H2,1-3H3. The Morgan fingerprint density at radius 1 is 0.844 bits per heavy atom. The van der Waals surface area contributed by atoms with Gasteiger partial charge in [0, 0.05) is 12.0 Å². The third kappa shape index (κ3) is 3.45. The van der Waals surface area contributed by atoms with E-state index in [4.69, 9.17) is 28.8 Å². The van der Waals surface area contributed by atoms with Gasteiger partial charge in [0.05, 0.1) is 38.8 Å². The van der Waals surface area contributed by atoms with Crippen LogP contribution in [0.25, 0.3) is 0 Å². The monoisotopic (exact) mass is 432 g/mol. The highest BCUT2D eigenvalue weighted by Gasteiger charge is 2.32. The lowest BCUT2D eigenvalue weighted by Gasteiger charge is -2.25. The minimum absolute atomic E-state index is 0.0495. The molecule has 0 aliphatic carbocycles. The third-order valence-electron chi connectivity index (χ3n) is 5.71. The number of fused-ring (bicyclic) bond motifs is 1. The second kappa shape index (κ2) is 8.34. The summed E-state index contributed by atoms with van der Waals surface area (Å²) in [4.78, 5) is 0. The molecule has 0 radical (unpaired) electrons. The molecule has 0 aromatic heterocycles. The van der Waals surface area contributed by atoms with Crippen molar-refractivity contribution < 1.29 is 23.7 Å². The third-order valence-corrected chi connectivity index (χ3v) is 5.71. The fraction of sp³-hybridized carbons (Fsp3) is 0.240. The molecule has 2 heterocycles. The number of nitrogens with zero attached hydrogens (tertiary/aromatic N) is 2. The molecule has 0 spiro atoms. The second-order valence-corrected chi connectivity index (χ2v) is 7.47. The van der Waals surface area contributed by atoms with Gasteiger partial charge in [-0.2, -0.15) is 5.10 Å². The Labute approximate surface area is 186 Å². The molecule has 0 bridgehead atoms. The first kappa shape index (κ1) is 20.1. The fourth-order valence-electron chi connectivity index (χ4n) is 4.13. The zero-order chi connectivity index (χ0) is 22.1. The summed E-state index contributed by atoms with van der Waals surface area (Å²) in [6, 6.07) is 20.0. The number of benzene rings is 3. The summed E-state index contributed by atoms with van der Waals surface area (Å²) in [5.41, 5.74) is 3.99. The zero-order valence-corrected chi connectivity index (χ0v) is 18.2. The van der Waals surface area contributed by atoms with Gasteiger partial charge < -0.3 is 23.7 Å². The molecule has 0 fully saturated rings. The van der Waals surface area contributed by atoms with E-state index in [0.29, 0.717) is 23.7 Å². The molecule has 0 N–H and O–H groups in total. The van der Waals surface area contributed by atoms with Gasteiger partial charge in [0.15, 0.2) is 23.0 Å². The normalized spacial score (nSPS) is 16.7. The van der Waals surface area contributed by atoms with Crippen molar-refractivity contribution in [3.8, 4) is 28.7 Å². The molecule has 1 unspecified atom stereocenters. The molecule has 7 nitrogen and oxygen atoms in total. The Bertz CT molecular complexity index is 1140. The summed E-state index contributed by atoms with van der Waals surface area (Å²) in [7, 11) is 4.85. The van der Waals surface area contributed by atoms with Crippen molar-refractivity contribution >= 4 is 11.4 Å². The van der Waals surface area contributed by atoms with Crippen LogP contribution in [0.2, 0.25) is 0 Å². The first-order valence-electron chi connectivity index (χ1n) is 10.3. The molecule has 0 saturated heterocycles. The lowest BCUT2D eigenvalue weighted by molar-refractivity contribution is 0.174. The molecule has 3 aromatic rings. The van der Waals surface area contributed by atoms with Crippen LogP contribution < -0.4 is 28.7 Å². The van der Waals surface area contributed by atoms with Gasteiger partial charge in [-0.3, -0.25) is 5.01 Å². The molecule has 0 amide bonds. The van der Waals surface area contributed by atoms with Crippen molar-refractivity contribution in [2.75, 3.05) is 33.1 Å². The topological polar surface area (TPSA) is 61.8 Å². The largest absolute Gasteiger partial charge is 0.493 e. The molecule has 5 rings (SSSR count). The maximum Gasteiger partial charge on any atom is 0.231 e. The molecule has 0 saturated carbocycles. The van der Waals surface area contributed by atoms with Crippen LogP contribution in [0.15, 0.2) is 65.8 Å². The maximum atomic E-state index is 5.59. The first-order valence-corrected chi connectivity index (χ1v) is 10.3. The Morgan fingerprint density at radius 2 is 1.56 bits per heavy atom. The Balaban J connectivity index is 1.58. The Morgan fingerprint density at radius 3 is 2.25 bits per heavy atom. The second-order valence-electron chi connectivity index (χ2n) is 7.47. The smallest absolute Gasteiger partial charge is 0.231 e. The predicted octanol–water partition coefficient (Wildman–Crippen LogP) is 4.80. The zero-order valence-electron chi connectivity index (χ0n) is 18.2. The van der Waals surface area contributed by atoms with Gasteiger partial charge in [-0.15, -0.1) is 0 Å². The van der Waals surface area contributed by atoms with Gasteiger partial charge in [-0.05, 0) is 48.0 Å². The summed E-state index contributed by atoms with van der Waals surface area (Å²) in [5.74, 6) is 3.30. The van der Waals surface area contributed by atoms with Crippen molar-refractivity contribution in [1.29, 1.82) is 0 Å². The minimum atomic E-state index is -0.0495. The average molecular weight is 432 g/mol. The van der Waals surface area contributed by atoms with Crippen LogP contribution in [0.5, 0.6) is 28.7 Å². The lowest BCUT2D eigenvalue weighted by Crippen LogP contribution is -2.18. The van der Waals surface area contributed by atoms with Gasteiger partial charge in [-0.1, -0.05) is 18.2 Å². The van der Waals surface area contributed by atoms with E-state index in [1.54, 1.807) is 21.3 Å². The molecule has 3 aromatic carbocycles. The first-order chi connectivity index (χ1) is 15.7. The number of hydrogen-bond acceptors (Lipinski definition) is 7. The summed E-state index contributed by atoms with van der Waals surface area (Å²) < 4.78 is 27.7. The van der Waals surface area contributed by atoms with Crippen LogP contribution in [-0.4, -0.2) is 33.8 Å². The molecular formula is C25H24N2O5. The number of hydrogen-bond donors (Lipinski definition) is 0. The number of para-hydroxylation sites is 1.